The summed E-state index contributed by atoms with van der Waals surface area (Å²) in [6, 6.07) is 15.8. The Labute approximate surface area is 170 Å². The smallest absolute Gasteiger partial charge is 0.261 e. The Kier molecular flexibility index (Phi) is 5.05. The average Bonchev–Trinajstić information content (AvgIpc) is 3.08. The minimum atomic E-state index is -1.37. The second kappa shape index (κ2) is 7.82. The topological polar surface area (TPSA) is 90.7 Å². The van der Waals surface area contributed by atoms with Crippen molar-refractivity contribution in [2.45, 2.75) is 12.1 Å². The number of ether oxygens (including phenoxy) is 2. The van der Waals surface area contributed by atoms with Crippen molar-refractivity contribution in [3.8, 4) is 17.2 Å². The first-order valence-corrected chi connectivity index (χ1v) is 9.01. The molecule has 1 aliphatic heterocycles. The molecule has 152 valence electrons. The van der Waals surface area contributed by atoms with Crippen LogP contribution >= 0.6 is 0 Å². The van der Waals surface area contributed by atoms with Crippen LogP contribution in [0.3, 0.4) is 0 Å². The zero-order chi connectivity index (χ0) is 21.3. The van der Waals surface area contributed by atoms with E-state index in [4.69, 9.17) is 15.2 Å². The monoisotopic (exact) mass is 410 g/mol. The van der Waals surface area contributed by atoms with Crippen LogP contribution < -0.4 is 20.5 Å². The lowest BCUT2D eigenvalue weighted by Gasteiger charge is -2.18. The van der Waals surface area contributed by atoms with E-state index in [1.165, 1.54) is 12.1 Å². The van der Waals surface area contributed by atoms with Crippen LogP contribution in [0.1, 0.15) is 22.0 Å². The molecule has 30 heavy (non-hydrogen) atoms. The summed E-state index contributed by atoms with van der Waals surface area (Å²) in [4.78, 5) is 24.6. The number of benzene rings is 3. The van der Waals surface area contributed by atoms with Crippen LogP contribution in [0.25, 0.3) is 0 Å². The number of nitrogens with one attached hydrogen (secondary N) is 1. The molecule has 0 radical (unpaired) electrons. The molecule has 0 bridgehead atoms. The predicted molar refractivity (Wildman–Crippen MR) is 103 cm³/mol. The summed E-state index contributed by atoms with van der Waals surface area (Å²) >= 11 is 0. The van der Waals surface area contributed by atoms with Crippen molar-refractivity contribution in [2.24, 2.45) is 5.73 Å². The Morgan fingerprint density at radius 2 is 1.70 bits per heavy atom. The highest BCUT2D eigenvalue weighted by atomic mass is 19.1. The normalized spacial score (nSPS) is 17.0. The molecule has 0 saturated carbocycles. The number of carbonyl (C=O) groups is 2. The first-order valence-electron chi connectivity index (χ1n) is 9.01. The third-order valence-electron chi connectivity index (χ3n) is 4.56. The Balaban J connectivity index is 1.59. The van der Waals surface area contributed by atoms with E-state index in [0.717, 1.165) is 6.07 Å². The molecule has 0 fully saturated rings. The lowest BCUT2D eigenvalue weighted by atomic mass is 10.0. The van der Waals surface area contributed by atoms with Gasteiger partial charge >= 0.3 is 0 Å². The zero-order valence-corrected chi connectivity index (χ0v) is 15.5. The molecule has 2 amide bonds. The molecule has 3 aromatic carbocycles. The highest BCUT2D eigenvalue weighted by Crippen LogP contribution is 2.39. The lowest BCUT2D eigenvalue weighted by Crippen LogP contribution is -2.43. The molecule has 1 aliphatic rings. The van der Waals surface area contributed by atoms with E-state index in [2.05, 4.69) is 5.32 Å². The van der Waals surface area contributed by atoms with Gasteiger partial charge in [-0.3, -0.25) is 9.59 Å². The fourth-order valence-electron chi connectivity index (χ4n) is 3.22. The summed E-state index contributed by atoms with van der Waals surface area (Å²) in [6.45, 7) is 0. The number of rotatable bonds is 5. The van der Waals surface area contributed by atoms with E-state index < -0.39 is 35.6 Å². The number of primary amides is 1. The van der Waals surface area contributed by atoms with Crippen molar-refractivity contribution < 1.29 is 27.8 Å². The summed E-state index contributed by atoms with van der Waals surface area (Å²) in [5.74, 6) is -2.66. The van der Waals surface area contributed by atoms with Gasteiger partial charge in [-0.1, -0.05) is 24.3 Å². The van der Waals surface area contributed by atoms with Gasteiger partial charge in [0, 0.05) is 17.2 Å². The Bertz CT molecular complexity index is 1120. The van der Waals surface area contributed by atoms with E-state index in [0.29, 0.717) is 17.6 Å². The SMILES string of the molecule is NC(=O)C1Oc2c(F)cc(F)cc2C1NC(=O)c1cccc(Oc2ccccc2)c1. The van der Waals surface area contributed by atoms with Crippen molar-refractivity contribution in [3.63, 3.8) is 0 Å². The fourth-order valence-corrected chi connectivity index (χ4v) is 3.22. The van der Waals surface area contributed by atoms with Gasteiger partial charge in [0.1, 0.15) is 23.4 Å². The molecule has 1 heterocycles. The maximum Gasteiger partial charge on any atom is 0.261 e. The van der Waals surface area contributed by atoms with Gasteiger partial charge in [-0.05, 0) is 36.4 Å². The fraction of sp³-hybridized carbons (Fsp3) is 0.0909. The van der Waals surface area contributed by atoms with Crippen LogP contribution in [0.2, 0.25) is 0 Å². The van der Waals surface area contributed by atoms with Gasteiger partial charge in [0.25, 0.3) is 11.8 Å². The molecule has 0 aromatic heterocycles. The van der Waals surface area contributed by atoms with E-state index in [-0.39, 0.29) is 16.9 Å². The second-order valence-electron chi connectivity index (χ2n) is 6.64. The first-order chi connectivity index (χ1) is 14.4. The molecule has 2 atom stereocenters. The predicted octanol–water partition coefficient (Wildman–Crippen LogP) is 3.47. The van der Waals surface area contributed by atoms with Crippen molar-refractivity contribution in [2.75, 3.05) is 0 Å². The molecule has 0 spiro atoms. The maximum absolute atomic E-state index is 14.0. The first kappa shape index (κ1) is 19.4. The van der Waals surface area contributed by atoms with Crippen LogP contribution in [0.15, 0.2) is 66.7 Å². The van der Waals surface area contributed by atoms with Gasteiger partial charge in [0.2, 0.25) is 6.10 Å². The number of fused-ring (bicyclic) bond motifs is 1. The highest BCUT2D eigenvalue weighted by Gasteiger charge is 2.41. The lowest BCUT2D eigenvalue weighted by molar-refractivity contribution is -0.125. The quantitative estimate of drug-likeness (QED) is 0.674. The molecule has 0 aliphatic carbocycles. The van der Waals surface area contributed by atoms with Gasteiger partial charge in [-0.15, -0.1) is 0 Å². The van der Waals surface area contributed by atoms with Crippen molar-refractivity contribution in [3.05, 3.63) is 89.5 Å². The van der Waals surface area contributed by atoms with E-state index in [1.54, 1.807) is 24.3 Å². The number of hydrogen-bond acceptors (Lipinski definition) is 4. The van der Waals surface area contributed by atoms with Gasteiger partial charge < -0.3 is 20.5 Å². The van der Waals surface area contributed by atoms with Crippen LogP contribution in [-0.2, 0) is 4.79 Å². The van der Waals surface area contributed by atoms with E-state index in [9.17, 15) is 18.4 Å². The summed E-state index contributed by atoms with van der Waals surface area (Å²) in [5.41, 5.74) is 5.55. The number of nitrogens with two attached hydrogens (primary N) is 1. The van der Waals surface area contributed by atoms with Crippen LogP contribution in [0, 0.1) is 11.6 Å². The van der Waals surface area contributed by atoms with Crippen LogP contribution in [0.4, 0.5) is 8.78 Å². The zero-order valence-electron chi connectivity index (χ0n) is 15.5. The Morgan fingerprint density at radius 1 is 0.967 bits per heavy atom. The molecule has 3 aromatic rings. The average molecular weight is 410 g/mol. The van der Waals surface area contributed by atoms with Gasteiger partial charge in [0.05, 0.1) is 0 Å². The Hall–Kier alpha value is -3.94. The molecule has 0 saturated heterocycles. The largest absolute Gasteiger partial charge is 0.475 e. The minimum Gasteiger partial charge on any atom is -0.475 e. The van der Waals surface area contributed by atoms with Gasteiger partial charge in [-0.25, -0.2) is 8.78 Å². The number of carbonyl (C=O) groups excluding carboxylic acids is 2. The van der Waals surface area contributed by atoms with Crippen LogP contribution in [-0.4, -0.2) is 17.9 Å². The third kappa shape index (κ3) is 3.80. The molecule has 3 N–H and O–H groups in total. The Morgan fingerprint density at radius 3 is 2.43 bits per heavy atom. The van der Waals surface area contributed by atoms with E-state index in [1.807, 2.05) is 18.2 Å². The molecular formula is C22H16F2N2O4. The second-order valence-corrected chi connectivity index (χ2v) is 6.64. The summed E-state index contributed by atoms with van der Waals surface area (Å²) in [5, 5.41) is 2.57. The van der Waals surface area contributed by atoms with Crippen molar-refractivity contribution >= 4 is 11.8 Å². The molecule has 2 unspecified atom stereocenters. The molecule has 8 heteroatoms. The minimum absolute atomic E-state index is 0.00124. The van der Waals surface area contributed by atoms with E-state index >= 15 is 0 Å². The third-order valence-corrected chi connectivity index (χ3v) is 4.56. The summed E-state index contributed by atoms with van der Waals surface area (Å²) in [6.07, 6.45) is -1.37. The number of halogens is 2. The molecule has 4 rings (SSSR count). The maximum atomic E-state index is 14.0. The molecule has 6 nitrogen and oxygen atoms in total. The number of hydrogen-bond donors (Lipinski definition) is 2. The standard InChI is InChI=1S/C22H16F2N2O4/c23-13-10-16-18(20(21(25)27)30-19(16)17(24)11-13)26-22(28)12-5-4-8-15(9-12)29-14-6-2-1-3-7-14/h1-11,18,20H,(H2,25,27)(H,26,28). The summed E-state index contributed by atoms with van der Waals surface area (Å²) in [7, 11) is 0. The number of para-hydroxylation sites is 1. The van der Waals surface area contributed by atoms with Crippen molar-refractivity contribution in [1.82, 2.24) is 5.32 Å². The highest BCUT2D eigenvalue weighted by molar-refractivity contribution is 5.95. The van der Waals surface area contributed by atoms with Gasteiger partial charge in [0.15, 0.2) is 11.6 Å². The van der Waals surface area contributed by atoms with Gasteiger partial charge in [-0.2, -0.15) is 0 Å². The number of amides is 2. The molecular weight excluding hydrogens is 394 g/mol. The van der Waals surface area contributed by atoms with Crippen LogP contribution in [0.5, 0.6) is 17.2 Å². The van der Waals surface area contributed by atoms with Crippen molar-refractivity contribution in [1.29, 1.82) is 0 Å². The summed E-state index contributed by atoms with van der Waals surface area (Å²) < 4.78 is 38.7.